The van der Waals surface area contributed by atoms with Crippen LogP contribution in [0.15, 0.2) is 36.0 Å². The molecule has 0 saturated heterocycles. The number of nitrogens with zero attached hydrogens (tertiary/aromatic N) is 2. The molecule has 0 saturated carbocycles. The van der Waals surface area contributed by atoms with Crippen LogP contribution in [0.2, 0.25) is 0 Å². The summed E-state index contributed by atoms with van der Waals surface area (Å²) in [5.41, 5.74) is 2.06. The molecule has 21 heavy (non-hydrogen) atoms. The fraction of sp³-hybridized carbons (Fsp3) is 0.375. The van der Waals surface area contributed by atoms with E-state index in [-0.39, 0.29) is 5.91 Å². The van der Waals surface area contributed by atoms with Gasteiger partial charge in [-0.3, -0.25) is 14.7 Å². The Bertz CT molecular complexity index is 611. The molecule has 110 valence electrons. The number of thiophene rings is 1. The van der Waals surface area contributed by atoms with Gasteiger partial charge in [0.05, 0.1) is 5.56 Å². The Labute approximate surface area is 128 Å². The summed E-state index contributed by atoms with van der Waals surface area (Å²) in [5, 5.41) is 5.17. The minimum Gasteiger partial charge on any atom is -0.350 e. The second-order valence-corrected chi connectivity index (χ2v) is 6.39. The molecule has 2 aromatic rings. The average Bonchev–Trinajstić information content (AvgIpc) is 3.00. The molecule has 4 nitrogen and oxygen atoms in total. The van der Waals surface area contributed by atoms with Crippen molar-refractivity contribution in [2.45, 2.75) is 25.9 Å². The van der Waals surface area contributed by atoms with Crippen LogP contribution in [-0.4, -0.2) is 34.9 Å². The van der Waals surface area contributed by atoms with Crippen LogP contribution in [0, 0.1) is 0 Å². The molecule has 1 aliphatic rings. The van der Waals surface area contributed by atoms with Crippen LogP contribution in [-0.2, 0) is 13.0 Å². The third-order valence-corrected chi connectivity index (χ3v) is 4.97. The van der Waals surface area contributed by atoms with Gasteiger partial charge in [0.15, 0.2) is 0 Å². The molecule has 0 bridgehead atoms. The number of rotatable bonds is 4. The second-order valence-electron chi connectivity index (χ2n) is 5.39. The molecule has 1 N–H and O–H groups in total. The molecule has 0 spiro atoms. The minimum atomic E-state index is -0.0526. The standard InChI is InChI=1S/C16H19N3OS/c1-12(9-18-16(20)13-3-2-6-17-10-13)19-7-4-15-14(11-19)5-8-21-15/h2-3,5-6,8,10,12H,4,7,9,11H2,1H3,(H,18,20)/t12-/m1/s1. The van der Waals surface area contributed by atoms with Crippen molar-refractivity contribution in [2.24, 2.45) is 0 Å². The van der Waals surface area contributed by atoms with Crippen molar-refractivity contribution in [3.05, 3.63) is 52.0 Å². The molecular formula is C16H19N3OS. The molecule has 0 aliphatic carbocycles. The Morgan fingerprint density at radius 3 is 3.24 bits per heavy atom. The summed E-state index contributed by atoms with van der Waals surface area (Å²) in [4.78, 5) is 19.9. The highest BCUT2D eigenvalue weighted by molar-refractivity contribution is 7.10. The van der Waals surface area contributed by atoms with E-state index >= 15 is 0 Å². The summed E-state index contributed by atoms with van der Waals surface area (Å²) >= 11 is 1.85. The summed E-state index contributed by atoms with van der Waals surface area (Å²) in [6.07, 6.45) is 4.39. The van der Waals surface area contributed by atoms with Gasteiger partial charge in [0, 0.05) is 42.9 Å². The summed E-state index contributed by atoms with van der Waals surface area (Å²) in [6, 6.07) is 6.11. The van der Waals surface area contributed by atoms with Gasteiger partial charge in [-0.1, -0.05) is 0 Å². The number of hydrogen-bond donors (Lipinski definition) is 1. The maximum atomic E-state index is 12.0. The summed E-state index contributed by atoms with van der Waals surface area (Å²) < 4.78 is 0. The van der Waals surface area contributed by atoms with E-state index in [1.54, 1.807) is 24.5 Å². The number of fused-ring (bicyclic) bond motifs is 1. The zero-order valence-electron chi connectivity index (χ0n) is 12.1. The van der Waals surface area contributed by atoms with E-state index in [4.69, 9.17) is 0 Å². The molecule has 1 amide bonds. The van der Waals surface area contributed by atoms with E-state index < -0.39 is 0 Å². The zero-order chi connectivity index (χ0) is 14.7. The van der Waals surface area contributed by atoms with Crippen LogP contribution in [0.3, 0.4) is 0 Å². The molecule has 3 heterocycles. The van der Waals surface area contributed by atoms with Crippen LogP contribution in [0.5, 0.6) is 0 Å². The lowest BCUT2D eigenvalue weighted by Gasteiger charge is -2.32. The first kappa shape index (κ1) is 14.2. The fourth-order valence-electron chi connectivity index (χ4n) is 2.62. The maximum Gasteiger partial charge on any atom is 0.252 e. The summed E-state index contributed by atoms with van der Waals surface area (Å²) in [5.74, 6) is -0.0526. The molecule has 0 radical (unpaired) electrons. The van der Waals surface area contributed by atoms with Gasteiger partial charge in [-0.2, -0.15) is 0 Å². The summed E-state index contributed by atoms with van der Waals surface area (Å²) in [6.45, 7) is 4.88. The van der Waals surface area contributed by atoms with Crippen molar-refractivity contribution in [3.63, 3.8) is 0 Å². The number of carbonyl (C=O) groups excluding carboxylic acids is 1. The van der Waals surface area contributed by atoms with Crippen molar-refractivity contribution >= 4 is 17.2 Å². The van der Waals surface area contributed by atoms with E-state index in [1.165, 1.54) is 10.4 Å². The van der Waals surface area contributed by atoms with Gasteiger partial charge in [0.2, 0.25) is 0 Å². The Balaban J connectivity index is 1.53. The van der Waals surface area contributed by atoms with Gasteiger partial charge >= 0.3 is 0 Å². The lowest BCUT2D eigenvalue weighted by atomic mass is 10.1. The number of pyridine rings is 1. The highest BCUT2D eigenvalue weighted by atomic mass is 32.1. The molecule has 3 rings (SSSR count). The predicted octanol–water partition coefficient (Wildman–Crippen LogP) is 2.32. The van der Waals surface area contributed by atoms with E-state index in [9.17, 15) is 4.79 Å². The van der Waals surface area contributed by atoms with E-state index in [0.29, 0.717) is 18.2 Å². The number of carbonyl (C=O) groups is 1. The van der Waals surface area contributed by atoms with Crippen molar-refractivity contribution in [1.82, 2.24) is 15.2 Å². The third kappa shape index (κ3) is 3.31. The number of aromatic nitrogens is 1. The number of nitrogens with one attached hydrogen (secondary N) is 1. The highest BCUT2D eigenvalue weighted by Gasteiger charge is 2.21. The van der Waals surface area contributed by atoms with Gasteiger partial charge < -0.3 is 5.32 Å². The van der Waals surface area contributed by atoms with Gasteiger partial charge in [-0.25, -0.2) is 0 Å². The molecule has 0 fully saturated rings. The first-order valence-electron chi connectivity index (χ1n) is 7.21. The van der Waals surface area contributed by atoms with E-state index in [0.717, 1.165) is 19.5 Å². The maximum absolute atomic E-state index is 12.0. The topological polar surface area (TPSA) is 45.2 Å². The quantitative estimate of drug-likeness (QED) is 0.942. The zero-order valence-corrected chi connectivity index (χ0v) is 12.9. The van der Waals surface area contributed by atoms with Gasteiger partial charge in [0.1, 0.15) is 0 Å². The smallest absolute Gasteiger partial charge is 0.252 e. The van der Waals surface area contributed by atoms with E-state index in [1.807, 2.05) is 11.3 Å². The Morgan fingerprint density at radius 1 is 1.52 bits per heavy atom. The monoisotopic (exact) mass is 301 g/mol. The minimum absolute atomic E-state index is 0.0526. The SMILES string of the molecule is C[C@H](CNC(=O)c1cccnc1)N1CCc2sccc2C1. The fourth-order valence-corrected chi connectivity index (χ4v) is 3.50. The molecule has 2 aromatic heterocycles. The number of amides is 1. The molecule has 5 heteroatoms. The van der Waals surface area contributed by atoms with Crippen LogP contribution in [0.1, 0.15) is 27.7 Å². The average molecular weight is 301 g/mol. The van der Waals surface area contributed by atoms with Crippen molar-refractivity contribution < 1.29 is 4.79 Å². The molecular weight excluding hydrogens is 282 g/mol. The Morgan fingerprint density at radius 2 is 2.43 bits per heavy atom. The Hall–Kier alpha value is -1.72. The second kappa shape index (κ2) is 6.37. The molecule has 1 aliphatic heterocycles. The van der Waals surface area contributed by atoms with E-state index in [2.05, 4.69) is 33.6 Å². The van der Waals surface area contributed by atoms with Crippen LogP contribution in [0.4, 0.5) is 0 Å². The van der Waals surface area contributed by atoms with Crippen molar-refractivity contribution in [2.75, 3.05) is 13.1 Å². The largest absolute Gasteiger partial charge is 0.350 e. The van der Waals surface area contributed by atoms with Crippen molar-refractivity contribution in [1.29, 1.82) is 0 Å². The lowest BCUT2D eigenvalue weighted by molar-refractivity contribution is 0.0932. The highest BCUT2D eigenvalue weighted by Crippen LogP contribution is 2.24. The summed E-state index contributed by atoms with van der Waals surface area (Å²) in [7, 11) is 0. The normalized spacial score (nSPS) is 16.2. The first-order valence-corrected chi connectivity index (χ1v) is 8.09. The molecule has 0 unspecified atom stereocenters. The van der Waals surface area contributed by atoms with Crippen LogP contribution < -0.4 is 5.32 Å². The predicted molar refractivity (Wildman–Crippen MR) is 84.5 cm³/mol. The van der Waals surface area contributed by atoms with Gasteiger partial charge in [0.25, 0.3) is 5.91 Å². The first-order chi connectivity index (χ1) is 10.2. The number of hydrogen-bond acceptors (Lipinski definition) is 4. The lowest BCUT2D eigenvalue weighted by Crippen LogP contribution is -2.44. The third-order valence-electron chi connectivity index (χ3n) is 3.94. The van der Waals surface area contributed by atoms with Crippen molar-refractivity contribution in [3.8, 4) is 0 Å². The van der Waals surface area contributed by atoms with Gasteiger partial charge in [-0.15, -0.1) is 11.3 Å². The van der Waals surface area contributed by atoms with Crippen LogP contribution >= 0.6 is 11.3 Å². The van der Waals surface area contributed by atoms with Crippen LogP contribution in [0.25, 0.3) is 0 Å². The molecule has 1 atom stereocenters. The Kier molecular flexibility index (Phi) is 4.31. The van der Waals surface area contributed by atoms with Gasteiger partial charge in [-0.05, 0) is 42.5 Å². The molecule has 0 aromatic carbocycles.